The van der Waals surface area contributed by atoms with Crippen molar-refractivity contribution in [2.24, 2.45) is 4.99 Å². The molecule has 0 amide bonds. The SMILES string of the molecule is Cc1cccc(N2CN(C[C@@H]3CCCO3)CN=C2c2ccccc2)c1. The van der Waals surface area contributed by atoms with Crippen molar-refractivity contribution < 1.29 is 4.74 Å². The van der Waals surface area contributed by atoms with E-state index < -0.39 is 0 Å². The lowest BCUT2D eigenvalue weighted by Crippen LogP contribution is -2.48. The van der Waals surface area contributed by atoms with E-state index in [-0.39, 0.29) is 0 Å². The predicted molar refractivity (Wildman–Crippen MR) is 102 cm³/mol. The maximum Gasteiger partial charge on any atom is 0.137 e. The number of hydrogen-bond acceptors (Lipinski definition) is 4. The van der Waals surface area contributed by atoms with Gasteiger partial charge in [-0.2, -0.15) is 0 Å². The van der Waals surface area contributed by atoms with Crippen LogP contribution in [0.25, 0.3) is 0 Å². The molecule has 2 heterocycles. The molecule has 0 bridgehead atoms. The van der Waals surface area contributed by atoms with Crippen molar-refractivity contribution in [3.63, 3.8) is 0 Å². The van der Waals surface area contributed by atoms with E-state index in [0.717, 1.165) is 38.7 Å². The standard InChI is InChI=1S/C21H25N3O/c1-17-7-5-10-19(13-17)24-16-23(14-20-11-6-12-25-20)15-22-21(24)18-8-3-2-4-9-18/h2-5,7-10,13,20H,6,11-12,14-16H2,1H3/t20-/m0/s1. The summed E-state index contributed by atoms with van der Waals surface area (Å²) in [6.07, 6.45) is 2.70. The number of rotatable bonds is 4. The highest BCUT2D eigenvalue weighted by molar-refractivity contribution is 6.10. The van der Waals surface area contributed by atoms with Crippen LogP contribution in [0.15, 0.2) is 59.6 Å². The summed E-state index contributed by atoms with van der Waals surface area (Å²) in [5.74, 6) is 1.05. The average molecular weight is 335 g/mol. The van der Waals surface area contributed by atoms with Gasteiger partial charge in [-0.1, -0.05) is 42.5 Å². The second-order valence-corrected chi connectivity index (χ2v) is 6.89. The average Bonchev–Trinajstić information content (AvgIpc) is 3.15. The molecule has 0 N–H and O–H groups in total. The Balaban J connectivity index is 1.62. The first-order chi connectivity index (χ1) is 12.3. The van der Waals surface area contributed by atoms with Crippen LogP contribution in [-0.4, -0.2) is 43.3 Å². The van der Waals surface area contributed by atoms with Crippen molar-refractivity contribution in [3.8, 4) is 0 Å². The number of anilines is 1. The molecule has 25 heavy (non-hydrogen) atoms. The molecule has 2 aliphatic heterocycles. The molecule has 0 unspecified atom stereocenters. The number of benzene rings is 2. The van der Waals surface area contributed by atoms with Crippen molar-refractivity contribution >= 4 is 11.5 Å². The number of amidine groups is 1. The third-order valence-corrected chi connectivity index (χ3v) is 4.85. The second kappa shape index (κ2) is 7.38. The zero-order chi connectivity index (χ0) is 17.1. The zero-order valence-corrected chi connectivity index (χ0v) is 14.8. The molecule has 2 aromatic rings. The van der Waals surface area contributed by atoms with Gasteiger partial charge in [0.2, 0.25) is 0 Å². The molecule has 1 atom stereocenters. The molecule has 0 aliphatic carbocycles. The first-order valence-corrected chi connectivity index (χ1v) is 9.07. The van der Waals surface area contributed by atoms with Gasteiger partial charge in [-0.05, 0) is 37.5 Å². The molecule has 4 nitrogen and oxygen atoms in total. The summed E-state index contributed by atoms with van der Waals surface area (Å²) in [6.45, 7) is 5.56. The summed E-state index contributed by atoms with van der Waals surface area (Å²) >= 11 is 0. The summed E-state index contributed by atoms with van der Waals surface area (Å²) in [4.78, 5) is 9.62. The molecule has 2 aromatic carbocycles. The molecule has 2 aliphatic rings. The lowest BCUT2D eigenvalue weighted by molar-refractivity contribution is 0.0739. The van der Waals surface area contributed by atoms with Gasteiger partial charge in [-0.3, -0.25) is 9.89 Å². The number of aliphatic imine (C=N–C) groups is 1. The van der Waals surface area contributed by atoms with E-state index in [4.69, 9.17) is 9.73 Å². The van der Waals surface area contributed by atoms with Gasteiger partial charge >= 0.3 is 0 Å². The Morgan fingerprint density at radius 3 is 2.76 bits per heavy atom. The van der Waals surface area contributed by atoms with E-state index in [1.165, 1.54) is 23.2 Å². The fraction of sp³-hybridized carbons (Fsp3) is 0.381. The van der Waals surface area contributed by atoms with E-state index in [0.29, 0.717) is 6.10 Å². The van der Waals surface area contributed by atoms with Gasteiger partial charge in [-0.25, -0.2) is 0 Å². The van der Waals surface area contributed by atoms with Crippen molar-refractivity contribution in [2.75, 3.05) is 31.4 Å². The van der Waals surface area contributed by atoms with E-state index in [2.05, 4.69) is 65.3 Å². The summed E-state index contributed by atoms with van der Waals surface area (Å²) < 4.78 is 5.82. The van der Waals surface area contributed by atoms with Gasteiger partial charge in [0.25, 0.3) is 0 Å². The van der Waals surface area contributed by atoms with Crippen LogP contribution in [-0.2, 0) is 4.74 Å². The second-order valence-electron chi connectivity index (χ2n) is 6.89. The van der Waals surface area contributed by atoms with Gasteiger partial charge < -0.3 is 9.64 Å². The fourth-order valence-electron chi connectivity index (χ4n) is 3.59. The Hall–Kier alpha value is -2.17. The number of ether oxygens (including phenoxy) is 1. The molecule has 0 aromatic heterocycles. The molecule has 4 rings (SSSR count). The molecule has 130 valence electrons. The van der Waals surface area contributed by atoms with E-state index in [1.807, 2.05) is 6.07 Å². The van der Waals surface area contributed by atoms with E-state index in [1.54, 1.807) is 0 Å². The molecule has 0 radical (unpaired) electrons. The number of aryl methyl sites for hydroxylation is 1. The van der Waals surface area contributed by atoms with Gasteiger partial charge in [0.15, 0.2) is 0 Å². The van der Waals surface area contributed by atoms with Crippen LogP contribution < -0.4 is 4.90 Å². The third kappa shape index (κ3) is 3.75. The minimum absolute atomic E-state index is 0.354. The lowest BCUT2D eigenvalue weighted by Gasteiger charge is -2.37. The normalized spacial score (nSPS) is 21.4. The van der Waals surface area contributed by atoms with Gasteiger partial charge in [-0.15, -0.1) is 0 Å². The number of nitrogens with zero attached hydrogens (tertiary/aromatic N) is 3. The van der Waals surface area contributed by atoms with E-state index >= 15 is 0 Å². The van der Waals surface area contributed by atoms with Crippen LogP contribution >= 0.6 is 0 Å². The predicted octanol–water partition coefficient (Wildman–Crippen LogP) is 3.66. The Bertz CT molecular complexity index is 738. The van der Waals surface area contributed by atoms with Crippen molar-refractivity contribution in [3.05, 3.63) is 65.7 Å². The van der Waals surface area contributed by atoms with Gasteiger partial charge in [0.1, 0.15) is 5.84 Å². The summed E-state index contributed by atoms with van der Waals surface area (Å²) in [5.41, 5.74) is 3.63. The Morgan fingerprint density at radius 2 is 2.00 bits per heavy atom. The maximum atomic E-state index is 5.82. The maximum absolute atomic E-state index is 5.82. The third-order valence-electron chi connectivity index (χ3n) is 4.85. The largest absolute Gasteiger partial charge is 0.377 e. The highest BCUT2D eigenvalue weighted by Crippen LogP contribution is 2.23. The molecule has 0 spiro atoms. The monoisotopic (exact) mass is 335 g/mol. The number of hydrogen-bond donors (Lipinski definition) is 0. The van der Waals surface area contributed by atoms with Crippen LogP contribution in [0.1, 0.15) is 24.0 Å². The highest BCUT2D eigenvalue weighted by atomic mass is 16.5. The first-order valence-electron chi connectivity index (χ1n) is 9.07. The summed E-state index contributed by atoms with van der Waals surface area (Å²) in [5, 5.41) is 0. The van der Waals surface area contributed by atoms with Crippen LogP contribution in [0.4, 0.5) is 5.69 Å². The van der Waals surface area contributed by atoms with Crippen LogP contribution in [0.3, 0.4) is 0 Å². The lowest BCUT2D eigenvalue weighted by atomic mass is 10.1. The zero-order valence-electron chi connectivity index (χ0n) is 14.8. The Kier molecular flexibility index (Phi) is 4.81. The molecular weight excluding hydrogens is 310 g/mol. The summed E-state index contributed by atoms with van der Waals surface area (Å²) in [7, 11) is 0. The quantitative estimate of drug-likeness (QED) is 0.853. The topological polar surface area (TPSA) is 28.1 Å². The minimum Gasteiger partial charge on any atom is -0.377 e. The smallest absolute Gasteiger partial charge is 0.137 e. The van der Waals surface area contributed by atoms with Crippen LogP contribution in [0.5, 0.6) is 0 Å². The van der Waals surface area contributed by atoms with Crippen molar-refractivity contribution in [2.45, 2.75) is 25.9 Å². The van der Waals surface area contributed by atoms with Crippen LogP contribution in [0, 0.1) is 6.92 Å². The first kappa shape index (κ1) is 16.3. The summed E-state index contributed by atoms with van der Waals surface area (Å²) in [6, 6.07) is 19.1. The Morgan fingerprint density at radius 1 is 1.12 bits per heavy atom. The molecular formula is C21H25N3O. The van der Waals surface area contributed by atoms with E-state index in [9.17, 15) is 0 Å². The van der Waals surface area contributed by atoms with Gasteiger partial charge in [0.05, 0.1) is 19.4 Å². The molecule has 1 fully saturated rings. The van der Waals surface area contributed by atoms with Gasteiger partial charge in [0, 0.05) is 24.4 Å². The molecule has 1 saturated heterocycles. The highest BCUT2D eigenvalue weighted by Gasteiger charge is 2.26. The minimum atomic E-state index is 0.354. The Labute approximate surface area is 149 Å². The molecule has 4 heteroatoms. The van der Waals surface area contributed by atoms with Crippen LogP contribution in [0.2, 0.25) is 0 Å². The van der Waals surface area contributed by atoms with Crippen molar-refractivity contribution in [1.29, 1.82) is 0 Å². The van der Waals surface area contributed by atoms with Crippen molar-refractivity contribution in [1.82, 2.24) is 4.90 Å². The fourth-order valence-corrected chi connectivity index (χ4v) is 3.59. The molecule has 0 saturated carbocycles.